The summed E-state index contributed by atoms with van der Waals surface area (Å²) in [5.74, 6) is -0.370. The summed E-state index contributed by atoms with van der Waals surface area (Å²) < 4.78 is 44.8. The number of anilines is 1. The highest BCUT2D eigenvalue weighted by atomic mass is 19.4. The van der Waals surface area contributed by atoms with Crippen molar-refractivity contribution in [2.45, 2.75) is 19.0 Å². The Morgan fingerprint density at radius 3 is 2.73 bits per heavy atom. The van der Waals surface area contributed by atoms with Crippen LogP contribution in [0, 0.1) is 0 Å². The Hall–Kier alpha value is -3.40. The summed E-state index contributed by atoms with van der Waals surface area (Å²) in [6, 6.07) is 5.81. The molecule has 0 spiro atoms. The summed E-state index contributed by atoms with van der Waals surface area (Å²) >= 11 is 0. The summed E-state index contributed by atoms with van der Waals surface area (Å²) in [7, 11) is 1.58. The number of benzene rings is 1. The minimum Gasteiger partial charge on any atom is -0.476 e. The lowest BCUT2D eigenvalue weighted by Gasteiger charge is -2.16. The third-order valence-electron chi connectivity index (χ3n) is 5.18. The third-order valence-corrected chi connectivity index (χ3v) is 5.18. The fourth-order valence-electron chi connectivity index (χ4n) is 3.51. The van der Waals surface area contributed by atoms with Crippen LogP contribution in [-0.2, 0) is 6.18 Å². The average molecular weight is 461 g/mol. The normalized spacial score (nSPS) is 15.2. The molecule has 0 unspecified atom stereocenters. The van der Waals surface area contributed by atoms with Gasteiger partial charge in [0.05, 0.1) is 28.7 Å². The first kappa shape index (κ1) is 24.2. The van der Waals surface area contributed by atoms with E-state index in [0.717, 1.165) is 31.8 Å². The van der Waals surface area contributed by atoms with Gasteiger partial charge in [-0.3, -0.25) is 14.7 Å². The number of nitrogens with two attached hydrogens (primary N) is 1. The zero-order chi connectivity index (χ0) is 23.8. The quantitative estimate of drug-likeness (QED) is 0.585. The van der Waals surface area contributed by atoms with Crippen molar-refractivity contribution < 1.29 is 22.7 Å². The molecule has 1 aromatic heterocycles. The minimum atomic E-state index is -4.54. The van der Waals surface area contributed by atoms with E-state index in [-0.39, 0.29) is 11.3 Å². The maximum absolute atomic E-state index is 13.0. The number of likely N-dealkylation sites (tertiary alicyclic amines) is 1. The van der Waals surface area contributed by atoms with E-state index in [2.05, 4.69) is 20.2 Å². The van der Waals surface area contributed by atoms with Crippen molar-refractivity contribution in [3.63, 3.8) is 0 Å². The molecule has 0 atom stereocenters. The molecular weight excluding hydrogens is 435 g/mol. The maximum Gasteiger partial charge on any atom is 0.416 e. The molecule has 3 N–H and O–H groups in total. The molecule has 0 radical (unpaired) electrons. The standard InChI is InChI=1S/C23H26F3N5O2/c1-28-20(7-8-27)19-14-18(15-29-22(19)33-12-11-31-9-2-3-10-31)30-21(32)16-5-4-6-17(13-16)23(24,25)26/h4-8,13-15H,2-3,9-12,27H2,1H3,(H,30,32). The van der Waals surface area contributed by atoms with E-state index in [0.29, 0.717) is 23.8 Å². The molecular formula is C23H26F3N5O2. The highest BCUT2D eigenvalue weighted by Crippen LogP contribution is 2.30. The highest BCUT2D eigenvalue weighted by molar-refractivity contribution is 6.11. The van der Waals surface area contributed by atoms with E-state index in [1.54, 1.807) is 19.2 Å². The number of nitrogens with one attached hydrogen (secondary N) is 1. The number of allylic oxidation sites excluding steroid dienone is 1. The van der Waals surface area contributed by atoms with Crippen LogP contribution in [0.1, 0.15) is 34.3 Å². The van der Waals surface area contributed by atoms with Crippen LogP contribution >= 0.6 is 0 Å². The molecule has 0 aliphatic carbocycles. The number of aliphatic imine (C=N–C) groups is 1. The second-order valence-corrected chi connectivity index (χ2v) is 7.47. The number of amides is 1. The van der Waals surface area contributed by atoms with Gasteiger partial charge in [0, 0.05) is 19.2 Å². The van der Waals surface area contributed by atoms with Crippen LogP contribution in [-0.4, -0.2) is 54.8 Å². The van der Waals surface area contributed by atoms with Gasteiger partial charge in [0.1, 0.15) is 6.61 Å². The highest BCUT2D eigenvalue weighted by Gasteiger charge is 2.31. The molecule has 3 rings (SSSR count). The Kier molecular flexibility index (Phi) is 8.05. The number of rotatable bonds is 8. The Bertz CT molecular complexity index is 1030. The molecule has 2 aromatic rings. The number of hydrogen-bond acceptors (Lipinski definition) is 6. The fourth-order valence-corrected chi connectivity index (χ4v) is 3.51. The van der Waals surface area contributed by atoms with Crippen molar-refractivity contribution in [2.24, 2.45) is 10.7 Å². The minimum absolute atomic E-state index is 0.122. The first-order chi connectivity index (χ1) is 15.8. The van der Waals surface area contributed by atoms with Gasteiger partial charge in [0.25, 0.3) is 5.91 Å². The monoisotopic (exact) mass is 461 g/mol. The Morgan fingerprint density at radius 2 is 2.06 bits per heavy atom. The lowest BCUT2D eigenvalue weighted by atomic mass is 10.1. The molecule has 0 saturated carbocycles. The van der Waals surface area contributed by atoms with Crippen LogP contribution in [0.15, 0.2) is 53.8 Å². The molecule has 1 aliphatic rings. The molecule has 0 bridgehead atoms. The summed E-state index contributed by atoms with van der Waals surface area (Å²) in [4.78, 5) is 23.4. The smallest absolute Gasteiger partial charge is 0.416 e. The Morgan fingerprint density at radius 1 is 1.30 bits per heavy atom. The lowest BCUT2D eigenvalue weighted by molar-refractivity contribution is -0.137. The Labute approximate surface area is 190 Å². The number of carbonyl (C=O) groups excluding carboxylic acids is 1. The topological polar surface area (TPSA) is 92.8 Å². The lowest BCUT2D eigenvalue weighted by Crippen LogP contribution is -2.25. The molecule has 1 fully saturated rings. The number of ether oxygens (including phenoxy) is 1. The van der Waals surface area contributed by atoms with Gasteiger partial charge in [0.2, 0.25) is 5.88 Å². The van der Waals surface area contributed by atoms with Crippen LogP contribution in [0.4, 0.5) is 18.9 Å². The van der Waals surface area contributed by atoms with E-state index in [9.17, 15) is 18.0 Å². The summed E-state index contributed by atoms with van der Waals surface area (Å²) in [5, 5.41) is 2.58. The van der Waals surface area contributed by atoms with Crippen LogP contribution in [0.5, 0.6) is 5.88 Å². The third kappa shape index (κ3) is 6.55. The second-order valence-electron chi connectivity index (χ2n) is 7.47. The molecule has 33 heavy (non-hydrogen) atoms. The van der Waals surface area contributed by atoms with Crippen molar-refractivity contribution in [2.75, 3.05) is 38.6 Å². The second kappa shape index (κ2) is 11.0. The van der Waals surface area contributed by atoms with Crippen molar-refractivity contribution in [1.29, 1.82) is 0 Å². The largest absolute Gasteiger partial charge is 0.476 e. The predicted octanol–water partition coefficient (Wildman–Crippen LogP) is 3.72. The van der Waals surface area contributed by atoms with Crippen LogP contribution in [0.3, 0.4) is 0 Å². The van der Waals surface area contributed by atoms with Gasteiger partial charge in [-0.1, -0.05) is 6.07 Å². The van der Waals surface area contributed by atoms with Crippen molar-refractivity contribution in [1.82, 2.24) is 9.88 Å². The zero-order valence-electron chi connectivity index (χ0n) is 18.2. The molecule has 1 aliphatic heterocycles. The Balaban J connectivity index is 1.80. The SMILES string of the molecule is CN=C(C=CN)c1cc(NC(=O)c2cccc(C(F)(F)F)c2)cnc1OCCN1CCCC1. The van der Waals surface area contributed by atoms with Gasteiger partial charge in [-0.25, -0.2) is 4.98 Å². The first-order valence-electron chi connectivity index (χ1n) is 10.5. The number of aromatic nitrogens is 1. The fraction of sp³-hybridized carbons (Fsp3) is 0.348. The predicted molar refractivity (Wildman–Crippen MR) is 121 cm³/mol. The molecule has 1 aromatic carbocycles. The molecule has 176 valence electrons. The van der Waals surface area contributed by atoms with Gasteiger partial charge in [-0.15, -0.1) is 0 Å². The summed E-state index contributed by atoms with van der Waals surface area (Å²) in [5.41, 5.74) is 5.78. The first-order valence-corrected chi connectivity index (χ1v) is 10.5. The number of hydrogen-bond donors (Lipinski definition) is 2. The van der Waals surface area contributed by atoms with Crippen LogP contribution < -0.4 is 15.8 Å². The summed E-state index contributed by atoms with van der Waals surface area (Å²) in [6.07, 6.45) is 2.10. The number of pyridine rings is 1. The van der Waals surface area contributed by atoms with Crippen LogP contribution in [0.2, 0.25) is 0 Å². The van der Waals surface area contributed by atoms with Gasteiger partial charge in [-0.05, 0) is 62.5 Å². The number of halogens is 3. The van der Waals surface area contributed by atoms with Gasteiger partial charge < -0.3 is 15.8 Å². The van der Waals surface area contributed by atoms with E-state index < -0.39 is 17.6 Å². The molecule has 7 nitrogen and oxygen atoms in total. The molecule has 10 heteroatoms. The van der Waals surface area contributed by atoms with E-state index >= 15 is 0 Å². The van der Waals surface area contributed by atoms with Crippen LogP contribution in [0.25, 0.3) is 0 Å². The molecule has 2 heterocycles. The van der Waals surface area contributed by atoms with Crippen molar-refractivity contribution >= 4 is 17.3 Å². The molecule has 1 amide bonds. The van der Waals surface area contributed by atoms with Gasteiger partial charge >= 0.3 is 6.18 Å². The average Bonchev–Trinajstić information content (AvgIpc) is 3.31. The zero-order valence-corrected chi connectivity index (χ0v) is 18.2. The van der Waals surface area contributed by atoms with Gasteiger partial charge in [-0.2, -0.15) is 13.2 Å². The number of nitrogens with zero attached hydrogens (tertiary/aromatic N) is 3. The van der Waals surface area contributed by atoms with E-state index in [1.165, 1.54) is 37.4 Å². The molecule has 1 saturated heterocycles. The van der Waals surface area contributed by atoms with Gasteiger partial charge in [0.15, 0.2) is 0 Å². The van der Waals surface area contributed by atoms with E-state index in [1.807, 2.05) is 0 Å². The number of carbonyl (C=O) groups is 1. The van der Waals surface area contributed by atoms with E-state index in [4.69, 9.17) is 10.5 Å². The van der Waals surface area contributed by atoms with Crippen molar-refractivity contribution in [3.05, 3.63) is 65.5 Å². The maximum atomic E-state index is 13.0. The van der Waals surface area contributed by atoms with Crippen molar-refractivity contribution in [3.8, 4) is 5.88 Å². The summed E-state index contributed by atoms with van der Waals surface area (Å²) in [6.45, 7) is 3.28. The number of alkyl halides is 3.